The molecule has 0 bridgehead atoms. The number of methoxy groups -OCH3 is 3. The van der Waals surface area contributed by atoms with E-state index in [0.29, 0.717) is 25.9 Å². The van der Waals surface area contributed by atoms with Gasteiger partial charge in [-0.3, -0.25) is 14.4 Å². The Morgan fingerprint density at radius 1 is 0.553 bits per heavy atom. The highest BCUT2D eigenvalue weighted by molar-refractivity contribution is 5.87. The van der Waals surface area contributed by atoms with Gasteiger partial charge in [0.2, 0.25) is 17.7 Å². The maximum Gasteiger partial charge on any atom is 0.330 e. The third kappa shape index (κ3) is 21.5. The first-order chi connectivity index (χ1) is 36.9. The first-order valence-electron chi connectivity index (χ1n) is 28.8. The van der Waals surface area contributed by atoms with E-state index in [1.165, 1.54) is 64.6 Å². The van der Waals surface area contributed by atoms with Gasteiger partial charge >= 0.3 is 5.97 Å². The van der Waals surface area contributed by atoms with E-state index in [4.69, 9.17) is 14.2 Å². The van der Waals surface area contributed by atoms with Gasteiger partial charge in [-0.05, 0) is 98.4 Å². The van der Waals surface area contributed by atoms with Crippen molar-refractivity contribution in [3.63, 3.8) is 0 Å². The Hall–Kier alpha value is -5.46. The number of hydrogen-bond donors (Lipinski definition) is 3. The van der Waals surface area contributed by atoms with E-state index in [9.17, 15) is 24.3 Å². The fraction of sp³-hybridized carbons (Fsp3) is 0.594. The Balaban J connectivity index is 1.02. The van der Waals surface area contributed by atoms with Gasteiger partial charge in [-0.2, -0.15) is 0 Å². The minimum absolute atomic E-state index is 0.00400. The molecule has 3 N–H and O–H groups in total. The Kier molecular flexibility index (Phi) is 29.7. The molecule has 2 atom stereocenters. The molecule has 1 saturated heterocycles. The van der Waals surface area contributed by atoms with Gasteiger partial charge in [-0.15, -0.1) is 0 Å². The van der Waals surface area contributed by atoms with Gasteiger partial charge in [0.1, 0.15) is 17.1 Å². The number of carbonyl (C=O) groups excluding carboxylic acids is 4. The number of carbonyl (C=O) groups is 4. The molecule has 12 heteroatoms. The van der Waals surface area contributed by atoms with Crippen LogP contribution in [0.4, 0.5) is 0 Å². The molecule has 0 radical (unpaired) electrons. The van der Waals surface area contributed by atoms with Crippen molar-refractivity contribution in [2.75, 3.05) is 60.7 Å². The lowest BCUT2D eigenvalue weighted by molar-refractivity contribution is -0.135. The predicted molar refractivity (Wildman–Crippen MR) is 305 cm³/mol. The lowest BCUT2D eigenvalue weighted by Gasteiger charge is -2.43. The highest BCUT2D eigenvalue weighted by Crippen LogP contribution is 2.49. The van der Waals surface area contributed by atoms with Crippen molar-refractivity contribution < 1.29 is 43.2 Å². The van der Waals surface area contributed by atoms with E-state index in [1.807, 2.05) is 83.8 Å². The van der Waals surface area contributed by atoms with Crippen LogP contribution in [0.3, 0.4) is 0 Å². The molecule has 3 aromatic carbocycles. The summed E-state index contributed by atoms with van der Waals surface area (Å²) < 4.78 is 23.0. The fourth-order valence-electron chi connectivity index (χ4n) is 10.3. The summed E-state index contributed by atoms with van der Waals surface area (Å²) in [4.78, 5) is 51.3. The molecule has 0 aliphatic carbocycles. The van der Waals surface area contributed by atoms with Crippen molar-refractivity contribution in [3.05, 3.63) is 120 Å². The van der Waals surface area contributed by atoms with Crippen LogP contribution in [0, 0.1) is 10.8 Å². The second-order valence-corrected chi connectivity index (χ2v) is 21.4. The molecule has 0 spiro atoms. The van der Waals surface area contributed by atoms with Crippen molar-refractivity contribution in [1.29, 1.82) is 0 Å². The normalized spacial score (nSPS) is 16.6. The van der Waals surface area contributed by atoms with Gasteiger partial charge in [0.15, 0.2) is 0 Å². The van der Waals surface area contributed by atoms with Crippen LogP contribution in [0.15, 0.2) is 103 Å². The lowest BCUT2D eigenvalue weighted by Crippen LogP contribution is -2.46. The van der Waals surface area contributed by atoms with Gasteiger partial charge < -0.3 is 39.6 Å². The van der Waals surface area contributed by atoms with Gasteiger partial charge in [-0.25, -0.2) is 4.79 Å². The highest BCUT2D eigenvalue weighted by atomic mass is 16.5. The van der Waals surface area contributed by atoms with Crippen LogP contribution in [-0.2, 0) is 34.3 Å². The number of allylic oxidation sites excluding steroid dienone is 2. The number of aliphatic hydroxyl groups excluding tert-OH is 1. The van der Waals surface area contributed by atoms with E-state index >= 15 is 0 Å². The smallest absolute Gasteiger partial charge is 0.330 e. The molecule has 12 nitrogen and oxygen atoms in total. The Morgan fingerprint density at radius 2 is 1.00 bits per heavy atom. The SMILES string of the molecule is COC(=O)C=CCCCCCCCCCNC(=O)C=CCCCCCCCCCNC(=O)CCCCCCCCC(=O)N1C[C@](C)(COC(c2ccccc2)(c2ccc(OC)cc2)c2ccc(OC)cc2)[C@](C)(CO)C1. The molecule has 3 aromatic rings. The van der Waals surface area contributed by atoms with E-state index in [0.717, 1.165) is 131 Å². The molecule has 420 valence electrons. The average Bonchev–Trinajstić information content (AvgIpc) is 3.74. The van der Waals surface area contributed by atoms with Crippen molar-refractivity contribution in [2.24, 2.45) is 10.8 Å². The second kappa shape index (κ2) is 35.8. The number of likely N-dealkylation sites (tertiary alicyclic amines) is 1. The summed E-state index contributed by atoms with van der Waals surface area (Å²) in [6, 6.07) is 26.2. The third-order valence-electron chi connectivity index (χ3n) is 15.5. The van der Waals surface area contributed by atoms with Crippen LogP contribution in [0.1, 0.15) is 185 Å². The molecule has 3 amide bonds. The van der Waals surface area contributed by atoms with Crippen LogP contribution in [0.2, 0.25) is 0 Å². The molecular formula is C64H95N3O9. The monoisotopic (exact) mass is 1050 g/mol. The number of aliphatic hydroxyl groups is 1. The van der Waals surface area contributed by atoms with Crippen LogP contribution < -0.4 is 20.1 Å². The number of esters is 1. The van der Waals surface area contributed by atoms with Crippen molar-refractivity contribution in [3.8, 4) is 11.5 Å². The van der Waals surface area contributed by atoms with Crippen LogP contribution in [-0.4, -0.2) is 94.4 Å². The fourth-order valence-corrected chi connectivity index (χ4v) is 10.3. The number of hydrogen-bond acceptors (Lipinski definition) is 9. The van der Waals surface area contributed by atoms with Gasteiger partial charge in [0.05, 0.1) is 34.5 Å². The minimum Gasteiger partial charge on any atom is -0.497 e. The molecule has 1 heterocycles. The van der Waals surface area contributed by atoms with Crippen molar-refractivity contribution >= 4 is 23.7 Å². The summed E-state index contributed by atoms with van der Waals surface area (Å²) in [6.45, 7) is 6.83. The van der Waals surface area contributed by atoms with E-state index in [2.05, 4.69) is 41.4 Å². The molecule has 0 saturated carbocycles. The Bertz CT molecular complexity index is 2110. The highest BCUT2D eigenvalue weighted by Gasteiger charge is 2.54. The predicted octanol–water partition coefficient (Wildman–Crippen LogP) is 12.7. The molecule has 1 fully saturated rings. The van der Waals surface area contributed by atoms with Gasteiger partial charge in [-0.1, -0.05) is 170 Å². The Labute approximate surface area is 457 Å². The maximum atomic E-state index is 13.8. The summed E-state index contributed by atoms with van der Waals surface area (Å²) in [6.07, 6.45) is 31.6. The third-order valence-corrected chi connectivity index (χ3v) is 15.5. The number of nitrogens with zero attached hydrogens (tertiary/aromatic N) is 1. The van der Waals surface area contributed by atoms with Gasteiger partial charge in [0, 0.05) is 55.9 Å². The van der Waals surface area contributed by atoms with Crippen LogP contribution in [0.25, 0.3) is 0 Å². The average molecular weight is 1050 g/mol. The van der Waals surface area contributed by atoms with Crippen molar-refractivity contribution in [2.45, 2.75) is 174 Å². The summed E-state index contributed by atoms with van der Waals surface area (Å²) >= 11 is 0. The first-order valence-corrected chi connectivity index (χ1v) is 28.8. The Morgan fingerprint density at radius 3 is 1.51 bits per heavy atom. The lowest BCUT2D eigenvalue weighted by atomic mass is 9.68. The first kappa shape index (κ1) is 63.1. The number of ether oxygens (including phenoxy) is 4. The van der Waals surface area contributed by atoms with Gasteiger partial charge in [0.25, 0.3) is 0 Å². The second-order valence-electron chi connectivity index (χ2n) is 21.4. The largest absolute Gasteiger partial charge is 0.497 e. The summed E-state index contributed by atoms with van der Waals surface area (Å²) in [7, 11) is 4.70. The quantitative estimate of drug-likeness (QED) is 0.0219. The number of nitrogens with one attached hydrogen (secondary N) is 2. The molecule has 1 aliphatic rings. The van der Waals surface area contributed by atoms with E-state index in [-0.39, 0.29) is 36.9 Å². The molecule has 4 rings (SSSR count). The van der Waals surface area contributed by atoms with E-state index < -0.39 is 16.4 Å². The molecule has 1 aliphatic heterocycles. The summed E-state index contributed by atoms with van der Waals surface area (Å²) in [5.41, 5.74) is 0.678. The summed E-state index contributed by atoms with van der Waals surface area (Å²) in [5.74, 6) is 1.45. The van der Waals surface area contributed by atoms with E-state index in [1.54, 1.807) is 20.3 Å². The molecule has 76 heavy (non-hydrogen) atoms. The van der Waals surface area contributed by atoms with Crippen LogP contribution in [0.5, 0.6) is 11.5 Å². The summed E-state index contributed by atoms with van der Waals surface area (Å²) in [5, 5.41) is 17.0. The topological polar surface area (TPSA) is 153 Å². The zero-order chi connectivity index (χ0) is 54.8. The zero-order valence-corrected chi connectivity index (χ0v) is 47.2. The van der Waals surface area contributed by atoms with Crippen molar-refractivity contribution in [1.82, 2.24) is 15.5 Å². The zero-order valence-electron chi connectivity index (χ0n) is 47.2. The number of unbranched alkanes of at least 4 members (excludes halogenated alkanes) is 19. The number of rotatable bonds is 40. The van der Waals surface area contributed by atoms with Crippen LogP contribution >= 0.6 is 0 Å². The standard InChI is InChI=1S/C64H95N3O9/c1-62(51-68)49-67(50-63(62,2)52-76-64(53-33-25-24-26-34-53,54-39-43-56(73-3)44-40-54)55-41-45-57(74-4)46-42-55)60(71)37-29-20-15-14-19-28-36-59(70)66-48-31-22-16-10-6-8-12-18-27-35-58(69)65-47-32-23-17-11-7-9-13-21-30-38-61(72)75-5/h24-27,30,33-35,38-46,68H,6-23,28-29,31-32,36-37,47-52H2,1-5H3,(H,65,69)(H,66,70)/t62-,63+/m0/s1. The maximum absolute atomic E-state index is 13.8. The number of benzene rings is 3. The molecule has 0 unspecified atom stereocenters. The number of amides is 3. The molecular weight excluding hydrogens is 955 g/mol. The minimum atomic E-state index is -1.01. The molecule has 0 aromatic heterocycles.